The first-order chi connectivity index (χ1) is 2.41. The van der Waals surface area contributed by atoms with Crippen LogP contribution in [0.15, 0.2) is 4.58 Å². The Bertz CT molecular complexity index is 64.5. The van der Waals surface area contributed by atoms with Gasteiger partial charge in [-0.3, -0.25) is 0 Å². The van der Waals surface area contributed by atoms with Gasteiger partial charge < -0.3 is 0 Å². The van der Waals surface area contributed by atoms with Gasteiger partial charge in [-0.25, -0.2) is 0 Å². The van der Waals surface area contributed by atoms with Gasteiger partial charge in [-0.1, -0.05) is 0 Å². The summed E-state index contributed by atoms with van der Waals surface area (Å²) in [5.41, 5.74) is 0. The number of nitroso groups, excluding NO2 is 1. The zero-order valence-electron chi connectivity index (χ0n) is 2.21. The molecule has 0 aromatic heterocycles. The molecule has 3 nitrogen and oxygen atoms in total. The predicted molar refractivity (Wildman–Crippen MR) is 19.0 cm³/mol. The van der Waals surface area contributed by atoms with Crippen LogP contribution in [-0.2, 0) is 0 Å². The molecule has 0 aliphatic heterocycles. The standard InChI is InChI=1S/CN2OS/c2-1-5-3-4. The van der Waals surface area contributed by atoms with E-state index in [9.17, 15) is 0 Å². The van der Waals surface area contributed by atoms with E-state index in [0.29, 0.717) is 11.9 Å². The Morgan fingerprint density at radius 3 is 2.60 bits per heavy atom. The molecule has 0 aliphatic rings. The van der Waals surface area contributed by atoms with Crippen molar-refractivity contribution in [2.75, 3.05) is 0 Å². The number of thiocyanates is 1. The maximum Gasteiger partial charge on any atom is 0.161 e. The lowest BCUT2D eigenvalue weighted by molar-refractivity contribution is 1.57. The lowest BCUT2D eigenvalue weighted by Gasteiger charge is -1.48. The van der Waals surface area contributed by atoms with Gasteiger partial charge in [0.05, 0.1) is 0 Å². The molecular weight excluding hydrogens is 88.1 g/mol. The Hall–Kier alpha value is -0.560. The van der Waals surface area contributed by atoms with E-state index in [2.05, 4.69) is 4.58 Å². The minimum Gasteiger partial charge on any atom is -0.183 e. The molecule has 0 rings (SSSR count). The third kappa shape index (κ3) is 3.44. The second kappa shape index (κ2) is 3.44. The summed E-state index contributed by atoms with van der Waals surface area (Å²) >= 11 is 0.338. The molecule has 0 saturated carbocycles. The van der Waals surface area contributed by atoms with Crippen molar-refractivity contribution < 1.29 is 0 Å². The largest absolute Gasteiger partial charge is 0.183 e. The summed E-state index contributed by atoms with van der Waals surface area (Å²) in [6, 6.07) is 0. The van der Waals surface area contributed by atoms with Crippen LogP contribution in [0.5, 0.6) is 0 Å². The Balaban J connectivity index is 2.75. The summed E-state index contributed by atoms with van der Waals surface area (Å²) in [5.74, 6) is 0. The van der Waals surface area contributed by atoms with Crippen molar-refractivity contribution in [1.82, 2.24) is 0 Å². The molecule has 0 unspecified atom stereocenters. The molecule has 0 aromatic carbocycles. The van der Waals surface area contributed by atoms with Crippen LogP contribution in [0.25, 0.3) is 0 Å². The molecule has 0 atom stereocenters. The minimum atomic E-state index is 0.338. The van der Waals surface area contributed by atoms with Gasteiger partial charge in [-0.05, 0) is 0 Å². The molecule has 0 bridgehead atoms. The summed E-state index contributed by atoms with van der Waals surface area (Å²) in [4.78, 5) is 8.90. The lowest BCUT2D eigenvalue weighted by Crippen LogP contribution is -1.27. The summed E-state index contributed by atoms with van der Waals surface area (Å²) < 4.78 is 2.16. The van der Waals surface area contributed by atoms with E-state index < -0.39 is 0 Å². The fourth-order valence-electron chi connectivity index (χ4n) is 0.0167. The van der Waals surface area contributed by atoms with Crippen molar-refractivity contribution in [2.24, 2.45) is 4.58 Å². The monoisotopic (exact) mass is 88.0 g/mol. The summed E-state index contributed by atoms with van der Waals surface area (Å²) in [6.45, 7) is 0. The normalized spacial score (nSPS) is 5.40. The van der Waals surface area contributed by atoms with Gasteiger partial charge in [0.1, 0.15) is 11.9 Å². The van der Waals surface area contributed by atoms with E-state index in [1.165, 1.54) is 5.40 Å². The highest BCUT2D eigenvalue weighted by Gasteiger charge is 1.65. The van der Waals surface area contributed by atoms with Crippen molar-refractivity contribution in [3.63, 3.8) is 0 Å². The Labute approximate surface area is 33.1 Å². The van der Waals surface area contributed by atoms with Crippen molar-refractivity contribution in [2.45, 2.75) is 0 Å². The number of rotatable bonds is 1. The summed E-state index contributed by atoms with van der Waals surface area (Å²) in [7, 11) is 0. The quantitative estimate of drug-likeness (QED) is 0.271. The molecule has 0 heterocycles. The van der Waals surface area contributed by atoms with E-state index >= 15 is 0 Å². The second-order valence-corrected chi connectivity index (χ2v) is 0.771. The average Bonchev–Trinajstić information content (AvgIpc) is 1.41. The van der Waals surface area contributed by atoms with Crippen molar-refractivity contribution in [3.8, 4) is 5.40 Å². The van der Waals surface area contributed by atoms with Gasteiger partial charge in [-0.2, -0.15) is 5.26 Å². The van der Waals surface area contributed by atoms with Crippen molar-refractivity contribution in [1.29, 1.82) is 5.26 Å². The van der Waals surface area contributed by atoms with E-state index in [1.807, 2.05) is 0 Å². The number of nitrogens with zero attached hydrogens (tertiary/aromatic N) is 2. The van der Waals surface area contributed by atoms with Crippen LogP contribution in [-0.4, -0.2) is 0 Å². The molecule has 5 heavy (non-hydrogen) atoms. The average molecular weight is 88.1 g/mol. The molecule has 0 N–H and O–H groups in total. The van der Waals surface area contributed by atoms with Crippen molar-refractivity contribution >= 4 is 11.9 Å². The third-order valence-electron chi connectivity index (χ3n) is 0.0781. The number of hydrogen-bond acceptors (Lipinski definition) is 4. The number of nitriles is 1. The summed E-state index contributed by atoms with van der Waals surface area (Å²) in [6.07, 6.45) is 0. The molecule has 0 aromatic rings. The predicted octanol–water partition coefficient (Wildman–Crippen LogP) is 0.882. The molecule has 0 fully saturated rings. The highest BCUT2D eigenvalue weighted by atomic mass is 32.2. The maximum atomic E-state index is 8.90. The Kier molecular flexibility index (Phi) is 3.05. The maximum absolute atomic E-state index is 8.90. The van der Waals surface area contributed by atoms with Gasteiger partial charge in [0.2, 0.25) is 0 Å². The molecule has 0 radical (unpaired) electrons. The van der Waals surface area contributed by atoms with Gasteiger partial charge in [0.15, 0.2) is 5.40 Å². The van der Waals surface area contributed by atoms with E-state index in [-0.39, 0.29) is 0 Å². The van der Waals surface area contributed by atoms with E-state index in [0.717, 1.165) is 0 Å². The highest BCUT2D eigenvalue weighted by Crippen LogP contribution is 1.91. The number of hydrogen-bond donors (Lipinski definition) is 0. The summed E-state index contributed by atoms with van der Waals surface area (Å²) in [5, 5.41) is 8.94. The first kappa shape index (κ1) is 4.44. The minimum absolute atomic E-state index is 0.338. The fraction of sp³-hybridized carbons (Fsp3) is 0. The van der Waals surface area contributed by atoms with E-state index in [4.69, 9.17) is 10.2 Å². The van der Waals surface area contributed by atoms with Crippen LogP contribution in [0, 0.1) is 15.6 Å². The highest BCUT2D eigenvalue weighted by molar-refractivity contribution is 8.02. The third-order valence-corrected chi connectivity index (χ3v) is 0.234. The SMILES string of the molecule is N#CSN=O. The lowest BCUT2D eigenvalue weighted by atomic mass is 11.8. The second-order valence-electron chi connectivity index (χ2n) is 0.257. The molecule has 0 saturated heterocycles. The Morgan fingerprint density at radius 2 is 2.60 bits per heavy atom. The van der Waals surface area contributed by atoms with Crippen LogP contribution < -0.4 is 0 Å². The Morgan fingerprint density at radius 1 is 2.00 bits per heavy atom. The van der Waals surface area contributed by atoms with Gasteiger partial charge in [-0.15, -0.1) is 4.91 Å². The van der Waals surface area contributed by atoms with Crippen LogP contribution in [0.1, 0.15) is 0 Å². The molecule has 4 heteroatoms. The van der Waals surface area contributed by atoms with Gasteiger partial charge in [0, 0.05) is 4.58 Å². The van der Waals surface area contributed by atoms with Crippen LogP contribution >= 0.6 is 11.9 Å². The zero-order valence-corrected chi connectivity index (χ0v) is 3.03. The van der Waals surface area contributed by atoms with Crippen LogP contribution in [0.4, 0.5) is 0 Å². The van der Waals surface area contributed by atoms with Crippen LogP contribution in [0.3, 0.4) is 0 Å². The van der Waals surface area contributed by atoms with Gasteiger partial charge in [0.25, 0.3) is 0 Å². The first-order valence-corrected chi connectivity index (χ1v) is 1.57. The molecule has 26 valence electrons. The molecular formula is CN2OS. The molecule has 0 spiro atoms. The van der Waals surface area contributed by atoms with E-state index in [1.54, 1.807) is 0 Å². The smallest absolute Gasteiger partial charge is 0.161 e. The topological polar surface area (TPSA) is 53.2 Å². The first-order valence-electron chi connectivity index (χ1n) is 0.793. The van der Waals surface area contributed by atoms with Crippen LogP contribution in [0.2, 0.25) is 0 Å². The molecule has 0 amide bonds. The van der Waals surface area contributed by atoms with Gasteiger partial charge >= 0.3 is 0 Å². The molecule has 0 aliphatic carbocycles. The van der Waals surface area contributed by atoms with Crippen molar-refractivity contribution in [3.05, 3.63) is 4.91 Å². The fourth-order valence-corrected chi connectivity index (χ4v) is 0.0500. The zero-order chi connectivity index (χ0) is 4.12.